The molecule has 0 aliphatic heterocycles. The van der Waals surface area contributed by atoms with E-state index in [0.29, 0.717) is 0 Å². The van der Waals surface area contributed by atoms with Crippen molar-refractivity contribution in [2.45, 2.75) is 46.6 Å². The van der Waals surface area contributed by atoms with Crippen LogP contribution in [0.25, 0.3) is 0 Å². The first-order chi connectivity index (χ1) is 5.04. The molecule has 0 atom stereocenters. The fourth-order valence-electron chi connectivity index (χ4n) is 0.493. The van der Waals surface area contributed by atoms with E-state index in [-0.39, 0.29) is 12.2 Å². The lowest BCUT2D eigenvalue weighted by Gasteiger charge is -2.21. The van der Waals surface area contributed by atoms with Crippen LogP contribution < -0.4 is 0 Å². The van der Waals surface area contributed by atoms with Crippen molar-refractivity contribution >= 4 is 0 Å². The van der Waals surface area contributed by atoms with Gasteiger partial charge in [-0.2, -0.15) is 0 Å². The van der Waals surface area contributed by atoms with Crippen LogP contribution in [0, 0.1) is 0 Å². The molecule has 11 heavy (non-hydrogen) atoms. The van der Waals surface area contributed by atoms with Gasteiger partial charge >= 0.3 is 0 Å². The predicted molar refractivity (Wildman–Crippen MR) is 48.8 cm³/mol. The van der Waals surface area contributed by atoms with Crippen LogP contribution in [0.15, 0.2) is 0 Å². The summed E-state index contributed by atoms with van der Waals surface area (Å²) in [5.41, 5.74) is 0.0920. The summed E-state index contributed by atoms with van der Waals surface area (Å²) in [5, 5.41) is 7.57. The van der Waals surface area contributed by atoms with Crippen molar-refractivity contribution in [1.82, 2.24) is 0 Å². The van der Waals surface area contributed by atoms with Crippen LogP contribution in [-0.4, -0.2) is 23.9 Å². The van der Waals surface area contributed by atoms with Crippen LogP contribution in [0.3, 0.4) is 0 Å². The summed E-state index contributed by atoms with van der Waals surface area (Å²) in [7, 11) is 0. The highest BCUT2D eigenvalue weighted by molar-refractivity contribution is 4.63. The summed E-state index contributed by atoms with van der Waals surface area (Å²) in [5.74, 6) is 0. The van der Waals surface area contributed by atoms with Crippen molar-refractivity contribution in [3.05, 3.63) is 0 Å². The van der Waals surface area contributed by atoms with Crippen LogP contribution in [0.5, 0.6) is 0 Å². The summed E-state index contributed by atoms with van der Waals surface area (Å²) < 4.78 is 5.38. The lowest BCUT2D eigenvalue weighted by atomic mass is 10.1. The van der Waals surface area contributed by atoms with Crippen LogP contribution >= 0.6 is 0 Å². The Kier molecular flexibility index (Phi) is 9.85. The minimum Gasteiger partial charge on any atom is -0.397 e. The van der Waals surface area contributed by atoms with Crippen molar-refractivity contribution in [2.75, 3.05) is 13.2 Å². The van der Waals surface area contributed by atoms with Crippen molar-refractivity contribution < 1.29 is 9.84 Å². The fourth-order valence-corrected chi connectivity index (χ4v) is 0.493. The summed E-state index contributed by atoms with van der Waals surface area (Å²) >= 11 is 0. The molecular formula is C9H22O2. The van der Waals surface area contributed by atoms with E-state index < -0.39 is 0 Å². The molecule has 0 spiro atoms. The molecule has 1 N–H and O–H groups in total. The van der Waals surface area contributed by atoms with E-state index in [9.17, 15) is 0 Å². The van der Waals surface area contributed by atoms with E-state index in [2.05, 4.69) is 20.8 Å². The molecule has 2 nitrogen and oxygen atoms in total. The summed E-state index contributed by atoms with van der Waals surface area (Å²) in [6.07, 6.45) is 1.08. The molecule has 0 aliphatic rings. The topological polar surface area (TPSA) is 29.5 Å². The first kappa shape index (κ1) is 13.5. The molecule has 0 rings (SSSR count). The summed E-state index contributed by atoms with van der Waals surface area (Å²) in [6, 6.07) is 0. The molecule has 0 saturated heterocycles. The van der Waals surface area contributed by atoms with Gasteiger partial charge in [-0.25, -0.2) is 0 Å². The number of ether oxygens (including phenoxy) is 1. The van der Waals surface area contributed by atoms with Crippen molar-refractivity contribution in [3.63, 3.8) is 0 Å². The molecule has 0 fully saturated rings. The maximum absolute atomic E-state index is 7.57. The van der Waals surface area contributed by atoms with Crippen molar-refractivity contribution in [1.29, 1.82) is 0 Å². The van der Waals surface area contributed by atoms with Gasteiger partial charge in [-0.05, 0) is 34.1 Å². The SMILES string of the molecule is CCO.CCOC(C)(C)CC. The quantitative estimate of drug-likeness (QED) is 0.689. The normalized spacial score (nSPS) is 10.4. The zero-order valence-electron chi connectivity index (χ0n) is 8.48. The third kappa shape index (κ3) is 13.0. The van der Waals surface area contributed by atoms with E-state index in [1.807, 2.05) is 6.92 Å². The third-order valence-corrected chi connectivity index (χ3v) is 1.39. The van der Waals surface area contributed by atoms with Gasteiger partial charge in [0.05, 0.1) is 5.60 Å². The number of hydrogen-bond donors (Lipinski definition) is 1. The molecule has 0 aromatic heterocycles. The van der Waals surface area contributed by atoms with Gasteiger partial charge in [0.25, 0.3) is 0 Å². The number of aliphatic hydroxyl groups is 1. The third-order valence-electron chi connectivity index (χ3n) is 1.39. The molecule has 70 valence electrons. The van der Waals surface area contributed by atoms with E-state index in [1.54, 1.807) is 6.92 Å². The molecule has 0 heterocycles. The van der Waals surface area contributed by atoms with Gasteiger partial charge in [-0.15, -0.1) is 0 Å². The minimum absolute atomic E-state index is 0.0920. The fraction of sp³-hybridized carbons (Fsp3) is 1.00. The van der Waals surface area contributed by atoms with Gasteiger partial charge in [0, 0.05) is 13.2 Å². The molecule has 0 aromatic rings. The molecule has 0 aromatic carbocycles. The highest BCUT2D eigenvalue weighted by atomic mass is 16.5. The standard InChI is InChI=1S/C7H16O.C2H6O/c1-5-7(3,4)8-6-2;1-2-3/h5-6H2,1-4H3;3H,2H2,1H3. The molecule has 0 radical (unpaired) electrons. The molecule has 0 bridgehead atoms. The second-order valence-electron chi connectivity index (χ2n) is 2.86. The van der Waals surface area contributed by atoms with E-state index in [1.165, 1.54) is 0 Å². The predicted octanol–water partition coefficient (Wildman–Crippen LogP) is 2.21. The molecular weight excluding hydrogens is 140 g/mol. The summed E-state index contributed by atoms with van der Waals surface area (Å²) in [4.78, 5) is 0. The first-order valence-electron chi connectivity index (χ1n) is 4.28. The van der Waals surface area contributed by atoms with Crippen LogP contribution in [0.2, 0.25) is 0 Å². The lowest BCUT2D eigenvalue weighted by Crippen LogP contribution is -2.22. The van der Waals surface area contributed by atoms with E-state index in [4.69, 9.17) is 9.84 Å². The second kappa shape index (κ2) is 8.02. The highest BCUT2D eigenvalue weighted by Crippen LogP contribution is 2.12. The van der Waals surface area contributed by atoms with Gasteiger partial charge in [-0.3, -0.25) is 0 Å². The van der Waals surface area contributed by atoms with Crippen molar-refractivity contribution in [3.8, 4) is 0 Å². The monoisotopic (exact) mass is 162 g/mol. The maximum Gasteiger partial charge on any atom is 0.0623 e. The van der Waals surface area contributed by atoms with E-state index >= 15 is 0 Å². The Bertz CT molecular complexity index is 70.0. The largest absolute Gasteiger partial charge is 0.397 e. The first-order valence-corrected chi connectivity index (χ1v) is 4.28. The average Bonchev–Trinajstić information content (AvgIpc) is 1.90. The molecule has 0 aliphatic carbocycles. The number of hydrogen-bond acceptors (Lipinski definition) is 2. The molecule has 2 heteroatoms. The lowest BCUT2D eigenvalue weighted by molar-refractivity contribution is -0.0124. The molecule has 0 saturated carbocycles. The van der Waals surface area contributed by atoms with Crippen LogP contribution in [0.1, 0.15) is 41.0 Å². The van der Waals surface area contributed by atoms with Gasteiger partial charge in [0.15, 0.2) is 0 Å². The second-order valence-corrected chi connectivity index (χ2v) is 2.86. The van der Waals surface area contributed by atoms with Crippen molar-refractivity contribution in [2.24, 2.45) is 0 Å². The Morgan fingerprint density at radius 1 is 1.18 bits per heavy atom. The molecule has 0 unspecified atom stereocenters. The van der Waals surface area contributed by atoms with Gasteiger partial charge in [0.2, 0.25) is 0 Å². The Morgan fingerprint density at radius 2 is 1.55 bits per heavy atom. The average molecular weight is 162 g/mol. The Balaban J connectivity index is 0. The molecule has 0 amide bonds. The van der Waals surface area contributed by atoms with E-state index in [0.717, 1.165) is 13.0 Å². The van der Waals surface area contributed by atoms with Gasteiger partial charge in [0.1, 0.15) is 0 Å². The summed E-state index contributed by atoms with van der Waals surface area (Å²) in [6.45, 7) is 11.1. The number of aliphatic hydroxyl groups excluding tert-OH is 1. The Hall–Kier alpha value is -0.0800. The zero-order valence-corrected chi connectivity index (χ0v) is 8.48. The van der Waals surface area contributed by atoms with Crippen LogP contribution in [-0.2, 0) is 4.74 Å². The Morgan fingerprint density at radius 3 is 1.64 bits per heavy atom. The number of rotatable bonds is 3. The Labute approximate surface area is 70.6 Å². The highest BCUT2D eigenvalue weighted by Gasteiger charge is 2.12. The van der Waals surface area contributed by atoms with Gasteiger partial charge in [-0.1, -0.05) is 6.92 Å². The minimum atomic E-state index is 0.0920. The smallest absolute Gasteiger partial charge is 0.0623 e. The zero-order chi connectivity index (χ0) is 9.33. The maximum atomic E-state index is 7.57. The van der Waals surface area contributed by atoms with Gasteiger partial charge < -0.3 is 9.84 Å². The van der Waals surface area contributed by atoms with Crippen LogP contribution in [0.4, 0.5) is 0 Å².